The van der Waals surface area contributed by atoms with Crippen molar-refractivity contribution in [2.45, 2.75) is 0 Å². The monoisotopic (exact) mass is 251 g/mol. The fourth-order valence-corrected chi connectivity index (χ4v) is 2.12. The number of aromatic amines is 1. The normalized spacial score (nSPS) is 11.1. The van der Waals surface area contributed by atoms with Gasteiger partial charge >= 0.3 is 0 Å². The summed E-state index contributed by atoms with van der Waals surface area (Å²) in [6.07, 6.45) is 7.24. The highest BCUT2D eigenvalue weighted by molar-refractivity contribution is 6.45. The van der Waals surface area contributed by atoms with Crippen LogP contribution in [0.3, 0.4) is 0 Å². The average Bonchev–Trinajstić information content (AvgIpc) is 2.91. The minimum Gasteiger partial charge on any atom is -0.358 e. The number of imidazole rings is 1. The van der Waals surface area contributed by atoms with Crippen molar-refractivity contribution in [3.63, 3.8) is 0 Å². The van der Waals surface area contributed by atoms with Crippen LogP contribution in [-0.4, -0.2) is 14.5 Å². The molecular weight excluding hydrogens is 245 g/mol. The van der Waals surface area contributed by atoms with Gasteiger partial charge in [-0.2, -0.15) is 0 Å². The van der Waals surface area contributed by atoms with Crippen LogP contribution in [-0.2, 0) is 0 Å². The Balaban J connectivity index is 2.34. The molecule has 0 atom stereocenters. The maximum atomic E-state index is 6.11. The Hall–Kier alpha value is -1.45. The highest BCUT2D eigenvalue weighted by Crippen LogP contribution is 2.32. The summed E-state index contributed by atoms with van der Waals surface area (Å²) in [6.45, 7) is 0. The van der Waals surface area contributed by atoms with E-state index in [0.29, 0.717) is 10.0 Å². The first-order chi connectivity index (χ1) is 7.77. The van der Waals surface area contributed by atoms with Gasteiger partial charge in [0.15, 0.2) is 0 Å². The second-order valence-electron chi connectivity index (χ2n) is 3.43. The maximum absolute atomic E-state index is 6.11. The molecule has 3 aromatic rings. The Morgan fingerprint density at radius 2 is 2.12 bits per heavy atom. The van der Waals surface area contributed by atoms with Gasteiger partial charge in [0.2, 0.25) is 0 Å². The Bertz CT molecular complexity index is 641. The molecule has 16 heavy (non-hydrogen) atoms. The molecular formula is C11H7Cl2N3. The van der Waals surface area contributed by atoms with Crippen LogP contribution in [0.2, 0.25) is 10.0 Å². The topological polar surface area (TPSA) is 33.6 Å². The Kier molecular flexibility index (Phi) is 2.16. The third kappa shape index (κ3) is 1.32. The second kappa shape index (κ2) is 3.54. The number of aromatic nitrogens is 3. The highest BCUT2D eigenvalue weighted by atomic mass is 35.5. The van der Waals surface area contributed by atoms with E-state index in [9.17, 15) is 0 Å². The van der Waals surface area contributed by atoms with Crippen LogP contribution in [0, 0.1) is 0 Å². The number of halogens is 2. The molecule has 0 bridgehead atoms. The zero-order chi connectivity index (χ0) is 11.1. The fourth-order valence-electron chi connectivity index (χ4n) is 1.74. The number of benzene rings is 1. The molecule has 2 heterocycles. The molecule has 0 saturated heterocycles. The molecule has 3 nitrogen and oxygen atoms in total. The molecule has 0 aliphatic heterocycles. The van der Waals surface area contributed by atoms with Crippen molar-refractivity contribution in [3.05, 3.63) is 47.1 Å². The molecule has 0 aliphatic rings. The lowest BCUT2D eigenvalue weighted by Gasteiger charge is -2.00. The lowest BCUT2D eigenvalue weighted by atomic mass is 10.2. The summed E-state index contributed by atoms with van der Waals surface area (Å²) < 4.78 is 1.92. The molecule has 3 rings (SSSR count). The first kappa shape index (κ1) is 9.75. The van der Waals surface area contributed by atoms with Gasteiger partial charge in [-0.05, 0) is 12.1 Å². The number of nitrogens with zero attached hydrogens (tertiary/aromatic N) is 2. The van der Waals surface area contributed by atoms with Gasteiger partial charge in [-0.15, -0.1) is 0 Å². The largest absolute Gasteiger partial charge is 0.358 e. The summed E-state index contributed by atoms with van der Waals surface area (Å²) in [5, 5.41) is 2.12. The molecule has 0 aliphatic carbocycles. The fraction of sp³-hybridized carbons (Fsp3) is 0. The van der Waals surface area contributed by atoms with Gasteiger partial charge < -0.3 is 9.55 Å². The van der Waals surface area contributed by atoms with E-state index >= 15 is 0 Å². The van der Waals surface area contributed by atoms with E-state index in [0.717, 1.165) is 16.6 Å². The zero-order valence-corrected chi connectivity index (χ0v) is 9.63. The van der Waals surface area contributed by atoms with Crippen molar-refractivity contribution in [1.29, 1.82) is 0 Å². The molecule has 80 valence electrons. The second-order valence-corrected chi connectivity index (χ2v) is 4.21. The van der Waals surface area contributed by atoms with Crippen LogP contribution in [0.15, 0.2) is 37.1 Å². The van der Waals surface area contributed by atoms with Crippen molar-refractivity contribution in [2.24, 2.45) is 0 Å². The van der Waals surface area contributed by atoms with Crippen LogP contribution < -0.4 is 0 Å². The van der Waals surface area contributed by atoms with Crippen molar-refractivity contribution in [1.82, 2.24) is 14.5 Å². The number of rotatable bonds is 1. The van der Waals surface area contributed by atoms with Crippen molar-refractivity contribution >= 4 is 34.1 Å². The van der Waals surface area contributed by atoms with Gasteiger partial charge in [0.1, 0.15) is 0 Å². The molecule has 2 aromatic heterocycles. The lowest BCUT2D eigenvalue weighted by molar-refractivity contribution is 1.07. The van der Waals surface area contributed by atoms with Crippen LogP contribution >= 0.6 is 23.2 Å². The number of H-pyrrole nitrogens is 1. The molecule has 5 heteroatoms. The molecule has 0 fully saturated rings. The van der Waals surface area contributed by atoms with Crippen molar-refractivity contribution in [3.8, 4) is 5.69 Å². The maximum Gasteiger partial charge on any atom is 0.0992 e. The van der Waals surface area contributed by atoms with E-state index in [1.165, 1.54) is 0 Å². The van der Waals surface area contributed by atoms with Gasteiger partial charge in [-0.3, -0.25) is 0 Å². The number of nitrogens with one attached hydrogen (secondary N) is 1. The number of hydrogen-bond donors (Lipinski definition) is 1. The van der Waals surface area contributed by atoms with E-state index in [1.54, 1.807) is 18.6 Å². The molecule has 0 radical (unpaired) electrons. The summed E-state index contributed by atoms with van der Waals surface area (Å²) in [5.41, 5.74) is 1.85. The van der Waals surface area contributed by atoms with E-state index in [-0.39, 0.29) is 0 Å². The summed E-state index contributed by atoms with van der Waals surface area (Å²) in [5.74, 6) is 0. The highest BCUT2D eigenvalue weighted by Gasteiger charge is 2.10. The molecule has 0 spiro atoms. The molecule has 0 saturated carbocycles. The van der Waals surface area contributed by atoms with E-state index in [2.05, 4.69) is 9.97 Å². The van der Waals surface area contributed by atoms with Crippen LogP contribution in [0.4, 0.5) is 0 Å². The van der Waals surface area contributed by atoms with Gasteiger partial charge in [0, 0.05) is 24.0 Å². The number of hydrogen-bond acceptors (Lipinski definition) is 1. The number of fused-ring (bicyclic) bond motifs is 1. The molecule has 0 unspecified atom stereocenters. The summed E-state index contributed by atoms with van der Waals surface area (Å²) >= 11 is 12.1. The Morgan fingerprint density at radius 1 is 1.25 bits per heavy atom. The molecule has 1 N–H and O–H groups in total. The first-order valence-electron chi connectivity index (χ1n) is 4.71. The predicted molar refractivity (Wildman–Crippen MR) is 65.4 cm³/mol. The third-order valence-corrected chi connectivity index (χ3v) is 3.31. The third-order valence-electron chi connectivity index (χ3n) is 2.51. The standard InChI is InChI=1S/C11H7Cl2N3/c12-8-2-1-7-9(16-4-3-14-6-16)5-15-11(7)10(8)13/h1-6,15H. The lowest BCUT2D eigenvalue weighted by Crippen LogP contribution is -1.86. The first-order valence-corrected chi connectivity index (χ1v) is 5.46. The van der Waals surface area contributed by atoms with Crippen LogP contribution in [0.5, 0.6) is 0 Å². The summed E-state index contributed by atoms with van der Waals surface area (Å²) in [4.78, 5) is 7.14. The smallest absolute Gasteiger partial charge is 0.0992 e. The average molecular weight is 252 g/mol. The SMILES string of the molecule is Clc1ccc2c(-n3ccnc3)c[nH]c2c1Cl. The Morgan fingerprint density at radius 3 is 2.88 bits per heavy atom. The minimum atomic E-state index is 0.547. The Labute approximate surface area is 102 Å². The minimum absolute atomic E-state index is 0.547. The van der Waals surface area contributed by atoms with E-state index in [1.807, 2.05) is 23.0 Å². The van der Waals surface area contributed by atoms with Gasteiger partial charge in [0.25, 0.3) is 0 Å². The van der Waals surface area contributed by atoms with Crippen LogP contribution in [0.1, 0.15) is 0 Å². The van der Waals surface area contributed by atoms with E-state index in [4.69, 9.17) is 23.2 Å². The van der Waals surface area contributed by atoms with Gasteiger partial charge in [-0.1, -0.05) is 23.2 Å². The van der Waals surface area contributed by atoms with Gasteiger partial charge in [-0.25, -0.2) is 4.98 Å². The van der Waals surface area contributed by atoms with Crippen molar-refractivity contribution < 1.29 is 0 Å². The van der Waals surface area contributed by atoms with Crippen LogP contribution in [0.25, 0.3) is 16.6 Å². The van der Waals surface area contributed by atoms with Crippen molar-refractivity contribution in [2.75, 3.05) is 0 Å². The van der Waals surface area contributed by atoms with E-state index < -0.39 is 0 Å². The predicted octanol–water partition coefficient (Wildman–Crippen LogP) is 3.66. The summed E-state index contributed by atoms with van der Waals surface area (Å²) in [6, 6.07) is 3.73. The molecule has 1 aromatic carbocycles. The summed E-state index contributed by atoms with van der Waals surface area (Å²) in [7, 11) is 0. The van der Waals surface area contributed by atoms with Gasteiger partial charge in [0.05, 0.1) is 27.6 Å². The molecule has 0 amide bonds. The quantitative estimate of drug-likeness (QED) is 0.704. The zero-order valence-electron chi connectivity index (χ0n) is 8.11.